The van der Waals surface area contributed by atoms with E-state index in [1.165, 1.54) is 0 Å². The highest BCUT2D eigenvalue weighted by molar-refractivity contribution is 6.30. The third-order valence-electron chi connectivity index (χ3n) is 6.29. The van der Waals surface area contributed by atoms with Crippen molar-refractivity contribution in [2.75, 3.05) is 42.5 Å². The quantitative estimate of drug-likeness (QED) is 0.471. The standard InChI is InChI=1S/C26H35ClN6O2/c1-7-30(8-2)21-16-33(20-11-9-10-19(27)14-20)24-22(21)23(28-17-29-24)31-12-13-32(18(3)15-31)25(34)35-26(4,5)6/h9-11,14,16-18H,7-8,12-13,15H2,1-6H3/t18-/m1/s1. The van der Waals surface area contributed by atoms with Gasteiger partial charge in [-0.2, -0.15) is 0 Å². The van der Waals surface area contributed by atoms with Crippen LogP contribution in [0.25, 0.3) is 16.7 Å². The molecule has 1 atom stereocenters. The summed E-state index contributed by atoms with van der Waals surface area (Å²) in [6.45, 7) is 15.6. The van der Waals surface area contributed by atoms with Gasteiger partial charge in [0.25, 0.3) is 0 Å². The van der Waals surface area contributed by atoms with Gasteiger partial charge in [-0.15, -0.1) is 0 Å². The van der Waals surface area contributed by atoms with Crippen molar-refractivity contribution in [2.24, 2.45) is 0 Å². The number of hydrogen-bond donors (Lipinski definition) is 0. The Morgan fingerprint density at radius 1 is 1.20 bits per heavy atom. The van der Waals surface area contributed by atoms with Gasteiger partial charge in [0.2, 0.25) is 0 Å². The summed E-state index contributed by atoms with van der Waals surface area (Å²) in [7, 11) is 0. The molecule has 1 aliphatic heterocycles. The van der Waals surface area contributed by atoms with E-state index >= 15 is 0 Å². The number of aromatic nitrogens is 3. The Hall–Kier alpha value is -3.00. The van der Waals surface area contributed by atoms with Crippen LogP contribution in [0.5, 0.6) is 0 Å². The first-order valence-corrected chi connectivity index (χ1v) is 12.6. The van der Waals surface area contributed by atoms with E-state index in [1.807, 2.05) is 49.9 Å². The zero-order valence-corrected chi connectivity index (χ0v) is 22.2. The minimum absolute atomic E-state index is 0.0180. The van der Waals surface area contributed by atoms with Crippen LogP contribution >= 0.6 is 11.6 Å². The maximum atomic E-state index is 12.7. The summed E-state index contributed by atoms with van der Waals surface area (Å²) in [5, 5.41) is 1.68. The van der Waals surface area contributed by atoms with Gasteiger partial charge in [0.05, 0.1) is 11.1 Å². The lowest BCUT2D eigenvalue weighted by Gasteiger charge is -2.41. The molecule has 1 saturated heterocycles. The lowest BCUT2D eigenvalue weighted by molar-refractivity contribution is 0.0159. The van der Waals surface area contributed by atoms with Crippen LogP contribution in [0.1, 0.15) is 41.5 Å². The minimum Gasteiger partial charge on any atom is -0.444 e. The number of rotatable bonds is 5. The van der Waals surface area contributed by atoms with Gasteiger partial charge in [-0.3, -0.25) is 4.57 Å². The monoisotopic (exact) mass is 498 g/mol. The fourth-order valence-corrected chi connectivity index (χ4v) is 4.82. The highest BCUT2D eigenvalue weighted by Gasteiger charge is 2.33. The average molecular weight is 499 g/mol. The molecule has 0 unspecified atom stereocenters. The Labute approximate surface area is 212 Å². The van der Waals surface area contributed by atoms with Crippen molar-refractivity contribution in [1.29, 1.82) is 0 Å². The summed E-state index contributed by atoms with van der Waals surface area (Å²) in [4.78, 5) is 28.5. The predicted molar refractivity (Wildman–Crippen MR) is 142 cm³/mol. The molecule has 1 aromatic carbocycles. The highest BCUT2D eigenvalue weighted by Crippen LogP contribution is 2.37. The number of amides is 1. The maximum absolute atomic E-state index is 12.7. The molecular weight excluding hydrogens is 464 g/mol. The van der Waals surface area contributed by atoms with Crippen LogP contribution in [-0.4, -0.2) is 69.9 Å². The molecule has 0 aliphatic carbocycles. The number of ether oxygens (including phenoxy) is 1. The lowest BCUT2D eigenvalue weighted by atomic mass is 10.1. The number of anilines is 2. The van der Waals surface area contributed by atoms with Gasteiger partial charge < -0.3 is 19.4 Å². The van der Waals surface area contributed by atoms with E-state index in [0.29, 0.717) is 24.7 Å². The molecule has 2 aromatic heterocycles. The SMILES string of the molecule is CCN(CC)c1cn(-c2cccc(Cl)c2)c2ncnc(N3CCN(C(=O)OC(C)(C)C)[C@H](C)C3)c12. The minimum atomic E-state index is -0.519. The van der Waals surface area contributed by atoms with Crippen LogP contribution in [0, 0.1) is 0 Å². The van der Waals surface area contributed by atoms with Crippen LogP contribution in [-0.2, 0) is 4.74 Å². The predicted octanol–water partition coefficient (Wildman–Crippen LogP) is 5.37. The van der Waals surface area contributed by atoms with E-state index in [9.17, 15) is 4.79 Å². The van der Waals surface area contributed by atoms with Crippen molar-refractivity contribution in [2.45, 2.75) is 53.2 Å². The van der Waals surface area contributed by atoms with Gasteiger partial charge in [0, 0.05) is 55.7 Å². The van der Waals surface area contributed by atoms with Crippen LogP contribution in [0.4, 0.5) is 16.3 Å². The summed E-state index contributed by atoms with van der Waals surface area (Å²) >= 11 is 6.31. The molecule has 3 heterocycles. The maximum Gasteiger partial charge on any atom is 0.410 e. The molecule has 0 N–H and O–H groups in total. The van der Waals surface area contributed by atoms with Crippen LogP contribution < -0.4 is 9.80 Å². The smallest absolute Gasteiger partial charge is 0.410 e. The molecule has 4 rings (SSSR count). The summed E-state index contributed by atoms with van der Waals surface area (Å²) in [5.74, 6) is 0.883. The zero-order chi connectivity index (χ0) is 25.3. The van der Waals surface area contributed by atoms with E-state index in [1.54, 1.807) is 6.33 Å². The van der Waals surface area contributed by atoms with Gasteiger partial charge in [0.1, 0.15) is 17.7 Å². The Bertz CT molecular complexity index is 1200. The van der Waals surface area contributed by atoms with E-state index in [0.717, 1.165) is 41.3 Å². The van der Waals surface area contributed by atoms with Crippen molar-refractivity contribution >= 4 is 40.2 Å². The van der Waals surface area contributed by atoms with E-state index < -0.39 is 5.60 Å². The molecule has 188 valence electrons. The summed E-state index contributed by atoms with van der Waals surface area (Å²) < 4.78 is 7.71. The van der Waals surface area contributed by atoms with Crippen molar-refractivity contribution in [3.63, 3.8) is 0 Å². The molecule has 0 radical (unpaired) electrons. The number of piperazine rings is 1. The fourth-order valence-electron chi connectivity index (χ4n) is 4.64. The molecule has 0 saturated carbocycles. The van der Waals surface area contributed by atoms with Gasteiger partial charge in [-0.25, -0.2) is 14.8 Å². The number of carbonyl (C=O) groups is 1. The van der Waals surface area contributed by atoms with Crippen molar-refractivity contribution in [1.82, 2.24) is 19.4 Å². The van der Waals surface area contributed by atoms with Crippen LogP contribution in [0.3, 0.4) is 0 Å². The Morgan fingerprint density at radius 2 is 1.94 bits per heavy atom. The number of halogens is 1. The third-order valence-corrected chi connectivity index (χ3v) is 6.52. The second-order valence-corrected chi connectivity index (χ2v) is 10.3. The number of carbonyl (C=O) groups excluding carboxylic acids is 1. The van der Waals surface area contributed by atoms with Crippen LogP contribution in [0.15, 0.2) is 36.8 Å². The van der Waals surface area contributed by atoms with Gasteiger partial charge in [-0.1, -0.05) is 17.7 Å². The number of benzene rings is 1. The number of hydrogen-bond acceptors (Lipinski definition) is 6. The summed E-state index contributed by atoms with van der Waals surface area (Å²) in [5.41, 5.74) is 2.35. The first-order valence-electron chi connectivity index (χ1n) is 12.2. The lowest BCUT2D eigenvalue weighted by Crippen LogP contribution is -2.55. The fraction of sp³-hybridized carbons (Fsp3) is 0.500. The normalized spacial score (nSPS) is 16.6. The number of nitrogens with zero attached hydrogens (tertiary/aromatic N) is 6. The Morgan fingerprint density at radius 3 is 2.57 bits per heavy atom. The zero-order valence-electron chi connectivity index (χ0n) is 21.5. The second kappa shape index (κ2) is 9.93. The molecule has 1 aliphatic rings. The molecule has 0 bridgehead atoms. The molecule has 1 amide bonds. The van der Waals surface area contributed by atoms with E-state index in [2.05, 4.69) is 46.3 Å². The Balaban J connectivity index is 1.74. The van der Waals surface area contributed by atoms with E-state index in [-0.39, 0.29) is 12.1 Å². The van der Waals surface area contributed by atoms with Crippen LogP contribution in [0.2, 0.25) is 5.02 Å². The second-order valence-electron chi connectivity index (χ2n) is 9.90. The topological polar surface area (TPSA) is 66.7 Å². The van der Waals surface area contributed by atoms with Gasteiger partial charge >= 0.3 is 6.09 Å². The average Bonchev–Trinajstić information content (AvgIpc) is 3.18. The summed E-state index contributed by atoms with van der Waals surface area (Å²) in [6.07, 6.45) is 3.48. The number of fused-ring (bicyclic) bond motifs is 1. The Kier molecular flexibility index (Phi) is 7.12. The van der Waals surface area contributed by atoms with Crippen molar-refractivity contribution < 1.29 is 9.53 Å². The largest absolute Gasteiger partial charge is 0.444 e. The van der Waals surface area contributed by atoms with Gasteiger partial charge in [0.15, 0.2) is 5.65 Å². The molecule has 3 aromatic rings. The van der Waals surface area contributed by atoms with Gasteiger partial charge in [-0.05, 0) is 59.7 Å². The molecule has 1 fully saturated rings. The molecule has 9 heteroatoms. The first kappa shape index (κ1) is 25.1. The van der Waals surface area contributed by atoms with Crippen molar-refractivity contribution in [3.05, 3.63) is 41.8 Å². The summed E-state index contributed by atoms with van der Waals surface area (Å²) in [6, 6.07) is 7.77. The molecular formula is C26H35ClN6O2. The third kappa shape index (κ3) is 5.17. The molecule has 35 heavy (non-hydrogen) atoms. The first-order chi connectivity index (χ1) is 16.6. The van der Waals surface area contributed by atoms with E-state index in [4.69, 9.17) is 21.3 Å². The molecule has 8 nitrogen and oxygen atoms in total. The molecule has 0 spiro atoms. The van der Waals surface area contributed by atoms with Crippen molar-refractivity contribution in [3.8, 4) is 5.69 Å². The highest BCUT2D eigenvalue weighted by atomic mass is 35.5.